The molecule has 1 heterocycles. The Hall–Kier alpha value is -1.97. The molecule has 0 unspecified atom stereocenters. The van der Waals surface area contributed by atoms with Crippen molar-refractivity contribution < 1.29 is 14.0 Å². The topological polar surface area (TPSA) is 80.9 Å². The van der Waals surface area contributed by atoms with Gasteiger partial charge in [0.25, 0.3) is 0 Å². The second-order valence-corrected chi connectivity index (χ2v) is 5.25. The second-order valence-electron chi connectivity index (χ2n) is 5.25. The zero-order chi connectivity index (χ0) is 17.5. The van der Waals surface area contributed by atoms with Gasteiger partial charge in [-0.3, -0.25) is 4.99 Å². The Labute approximate surface area is 165 Å². The van der Waals surface area contributed by atoms with Gasteiger partial charge in [0.15, 0.2) is 17.5 Å². The largest absolute Gasteiger partial charge is 0.493 e. The molecule has 0 aliphatic rings. The fraction of sp³-hybridized carbons (Fsp3) is 0.412. The Bertz CT molecular complexity index is 696. The molecule has 25 heavy (non-hydrogen) atoms. The van der Waals surface area contributed by atoms with E-state index in [0.29, 0.717) is 17.5 Å². The van der Waals surface area contributed by atoms with Gasteiger partial charge in [-0.25, -0.2) is 0 Å². The van der Waals surface area contributed by atoms with Gasteiger partial charge in [-0.2, -0.15) is 0 Å². The Morgan fingerprint density at radius 1 is 1.20 bits per heavy atom. The fourth-order valence-corrected chi connectivity index (χ4v) is 2.39. The van der Waals surface area contributed by atoms with Crippen molar-refractivity contribution in [3.63, 3.8) is 0 Å². The maximum absolute atomic E-state index is 5.31. The summed E-state index contributed by atoms with van der Waals surface area (Å²) in [5, 5.41) is 10.5. The quantitative estimate of drug-likeness (QED) is 0.392. The summed E-state index contributed by atoms with van der Waals surface area (Å²) >= 11 is 0. The number of benzene rings is 1. The van der Waals surface area contributed by atoms with Crippen molar-refractivity contribution in [2.24, 2.45) is 4.99 Å². The maximum Gasteiger partial charge on any atom is 0.195 e. The van der Waals surface area contributed by atoms with Crippen LogP contribution >= 0.6 is 24.0 Å². The number of methoxy groups -OCH3 is 2. The fourth-order valence-electron chi connectivity index (χ4n) is 2.39. The third-order valence-corrected chi connectivity index (χ3v) is 3.72. The molecule has 0 bridgehead atoms. The predicted molar refractivity (Wildman–Crippen MR) is 110 cm³/mol. The van der Waals surface area contributed by atoms with Gasteiger partial charge in [0.2, 0.25) is 0 Å². The predicted octanol–water partition coefficient (Wildman–Crippen LogP) is 3.16. The molecule has 8 heteroatoms. The van der Waals surface area contributed by atoms with Crippen LogP contribution in [0.25, 0.3) is 0 Å². The number of nitrogens with one attached hydrogen (secondary N) is 2. The standard InChI is InChI=1S/C17H24N4O3.HI/c1-11-14(12(2)24-21-11)8-9-19-17(18-3)20-13-6-7-15(22-4)16(10-13)23-5;/h6-7,10H,8-9H2,1-5H3,(H2,18,19,20);1H. The van der Waals surface area contributed by atoms with Gasteiger partial charge in [-0.05, 0) is 32.4 Å². The molecule has 0 spiro atoms. The molecule has 0 saturated heterocycles. The molecule has 2 aromatic rings. The second kappa shape index (κ2) is 10.1. The molecule has 0 atom stereocenters. The Morgan fingerprint density at radius 3 is 2.48 bits per heavy atom. The Balaban J connectivity index is 0.00000312. The van der Waals surface area contributed by atoms with Crippen molar-refractivity contribution in [2.45, 2.75) is 20.3 Å². The van der Waals surface area contributed by atoms with Crippen LogP contribution in [-0.4, -0.2) is 38.9 Å². The normalized spacial score (nSPS) is 10.8. The molecule has 1 aromatic carbocycles. The third kappa shape index (κ3) is 5.52. The highest BCUT2D eigenvalue weighted by Gasteiger charge is 2.09. The van der Waals surface area contributed by atoms with Gasteiger partial charge in [-0.1, -0.05) is 5.16 Å². The van der Waals surface area contributed by atoms with Crippen molar-refractivity contribution in [3.8, 4) is 11.5 Å². The van der Waals surface area contributed by atoms with E-state index in [2.05, 4.69) is 20.8 Å². The van der Waals surface area contributed by atoms with E-state index in [0.717, 1.165) is 35.7 Å². The molecule has 7 nitrogen and oxygen atoms in total. The van der Waals surface area contributed by atoms with Crippen LogP contribution in [-0.2, 0) is 6.42 Å². The molecule has 138 valence electrons. The van der Waals surface area contributed by atoms with Crippen molar-refractivity contribution in [1.82, 2.24) is 10.5 Å². The summed E-state index contributed by atoms with van der Waals surface area (Å²) in [6, 6.07) is 5.61. The highest BCUT2D eigenvalue weighted by atomic mass is 127. The van der Waals surface area contributed by atoms with Gasteiger partial charge >= 0.3 is 0 Å². The summed E-state index contributed by atoms with van der Waals surface area (Å²) in [5.41, 5.74) is 2.92. The minimum atomic E-state index is 0. The van der Waals surface area contributed by atoms with Crippen LogP contribution in [0.4, 0.5) is 5.69 Å². The number of guanidine groups is 1. The average molecular weight is 460 g/mol. The lowest BCUT2D eigenvalue weighted by atomic mass is 10.1. The Morgan fingerprint density at radius 2 is 1.92 bits per heavy atom. The van der Waals surface area contributed by atoms with E-state index in [4.69, 9.17) is 14.0 Å². The first-order valence-corrected chi connectivity index (χ1v) is 7.70. The van der Waals surface area contributed by atoms with Gasteiger partial charge in [0.05, 0.1) is 19.9 Å². The molecule has 0 aliphatic carbocycles. The molecule has 0 saturated carbocycles. The molecular formula is C17H25IN4O3. The van der Waals surface area contributed by atoms with Crippen LogP contribution in [0, 0.1) is 13.8 Å². The third-order valence-electron chi connectivity index (χ3n) is 3.72. The van der Waals surface area contributed by atoms with Crippen LogP contribution in [0.2, 0.25) is 0 Å². The number of nitrogens with zero attached hydrogens (tertiary/aromatic N) is 2. The first-order valence-electron chi connectivity index (χ1n) is 7.70. The maximum atomic E-state index is 5.31. The van der Waals surface area contributed by atoms with Crippen LogP contribution in [0.15, 0.2) is 27.7 Å². The van der Waals surface area contributed by atoms with Gasteiger partial charge < -0.3 is 24.6 Å². The van der Waals surface area contributed by atoms with Crippen LogP contribution in [0.1, 0.15) is 17.0 Å². The molecule has 0 fully saturated rings. The van der Waals surface area contributed by atoms with Crippen molar-refractivity contribution >= 4 is 35.6 Å². The van der Waals surface area contributed by atoms with E-state index in [9.17, 15) is 0 Å². The number of hydrogen-bond acceptors (Lipinski definition) is 5. The van der Waals surface area contributed by atoms with Gasteiger partial charge in [0, 0.05) is 30.9 Å². The minimum absolute atomic E-state index is 0. The zero-order valence-corrected chi connectivity index (χ0v) is 17.5. The summed E-state index contributed by atoms with van der Waals surface area (Å²) in [6.45, 7) is 4.59. The van der Waals surface area contributed by atoms with Gasteiger partial charge in [-0.15, -0.1) is 24.0 Å². The van der Waals surface area contributed by atoms with Crippen LogP contribution in [0.5, 0.6) is 11.5 Å². The highest BCUT2D eigenvalue weighted by molar-refractivity contribution is 14.0. The number of ether oxygens (including phenoxy) is 2. The number of aryl methyl sites for hydroxylation is 2. The summed E-state index contributed by atoms with van der Waals surface area (Å²) in [4.78, 5) is 4.23. The summed E-state index contributed by atoms with van der Waals surface area (Å²) in [6.07, 6.45) is 0.813. The highest BCUT2D eigenvalue weighted by Crippen LogP contribution is 2.29. The monoisotopic (exact) mass is 460 g/mol. The SMILES string of the molecule is CN=C(NCCc1c(C)noc1C)Nc1ccc(OC)c(OC)c1.I. The van der Waals surface area contributed by atoms with E-state index in [-0.39, 0.29) is 24.0 Å². The van der Waals surface area contributed by atoms with Crippen molar-refractivity contribution in [1.29, 1.82) is 0 Å². The lowest BCUT2D eigenvalue weighted by molar-refractivity contribution is 0.355. The molecular weight excluding hydrogens is 435 g/mol. The zero-order valence-electron chi connectivity index (χ0n) is 15.2. The number of rotatable bonds is 6. The lowest BCUT2D eigenvalue weighted by Crippen LogP contribution is -2.32. The number of anilines is 1. The summed E-state index contributed by atoms with van der Waals surface area (Å²) < 4.78 is 15.7. The van der Waals surface area contributed by atoms with Crippen molar-refractivity contribution in [3.05, 3.63) is 35.2 Å². The van der Waals surface area contributed by atoms with E-state index in [1.54, 1.807) is 21.3 Å². The molecule has 1 aromatic heterocycles. The van der Waals surface area contributed by atoms with Gasteiger partial charge in [0.1, 0.15) is 5.76 Å². The molecule has 0 aliphatic heterocycles. The van der Waals surface area contributed by atoms with E-state index in [1.165, 1.54) is 0 Å². The average Bonchev–Trinajstić information content (AvgIpc) is 2.92. The van der Waals surface area contributed by atoms with E-state index >= 15 is 0 Å². The molecule has 2 rings (SSSR count). The molecule has 0 radical (unpaired) electrons. The van der Waals surface area contributed by atoms with E-state index in [1.807, 2.05) is 32.0 Å². The van der Waals surface area contributed by atoms with E-state index < -0.39 is 0 Å². The Kier molecular flexibility index (Phi) is 8.53. The first-order chi connectivity index (χ1) is 11.6. The number of aliphatic imine (C=N–C) groups is 1. The number of aromatic nitrogens is 1. The minimum Gasteiger partial charge on any atom is -0.493 e. The molecule has 2 N–H and O–H groups in total. The number of halogens is 1. The van der Waals surface area contributed by atoms with Crippen LogP contribution in [0.3, 0.4) is 0 Å². The molecule has 0 amide bonds. The summed E-state index contributed by atoms with van der Waals surface area (Å²) in [5.74, 6) is 2.88. The smallest absolute Gasteiger partial charge is 0.195 e. The lowest BCUT2D eigenvalue weighted by Gasteiger charge is -2.14. The van der Waals surface area contributed by atoms with Crippen molar-refractivity contribution in [2.75, 3.05) is 33.1 Å². The van der Waals surface area contributed by atoms with Crippen LogP contribution < -0.4 is 20.1 Å². The first kappa shape index (κ1) is 21.1. The number of hydrogen-bond donors (Lipinski definition) is 2. The summed E-state index contributed by atoms with van der Waals surface area (Å²) in [7, 11) is 4.95.